The fraction of sp³-hybridized carbons (Fsp3) is 0.611. The van der Waals surface area contributed by atoms with Gasteiger partial charge >= 0.3 is 0 Å². The van der Waals surface area contributed by atoms with Crippen LogP contribution in [0.15, 0.2) is 29.3 Å². The molecule has 1 aromatic carbocycles. The number of methoxy groups -OCH3 is 2. The summed E-state index contributed by atoms with van der Waals surface area (Å²) in [6, 6.07) is 7.71. The Kier molecular flexibility index (Phi) is 15.1. The topological polar surface area (TPSA) is 58.1 Å². The maximum atomic E-state index is 6.05. The summed E-state index contributed by atoms with van der Waals surface area (Å²) < 4.78 is 10.6. The number of aliphatic imine (C=N–C) groups is 1. The average molecular weight is 499 g/mol. The Morgan fingerprint density at radius 2 is 2.04 bits per heavy atom. The summed E-state index contributed by atoms with van der Waals surface area (Å²) in [7, 11) is 7.29. The minimum Gasteiger partial charge on any atom is -0.385 e. The van der Waals surface area contributed by atoms with Crippen LogP contribution in [0.4, 0.5) is 0 Å². The summed E-state index contributed by atoms with van der Waals surface area (Å²) in [6.07, 6.45) is 0.948. The lowest BCUT2D eigenvalue weighted by atomic mass is 10.1. The molecule has 0 saturated heterocycles. The fourth-order valence-corrected chi connectivity index (χ4v) is 2.61. The first-order valence-corrected chi connectivity index (χ1v) is 8.88. The first-order valence-electron chi connectivity index (χ1n) is 8.51. The van der Waals surface area contributed by atoms with Gasteiger partial charge in [-0.1, -0.05) is 23.7 Å². The zero-order chi connectivity index (χ0) is 18.5. The van der Waals surface area contributed by atoms with Crippen LogP contribution >= 0.6 is 35.6 Å². The SMILES string of the molecule is CN=C(NCCN(C)CCCOC)NCC(OC)c1cccc(Cl)c1.I. The fourth-order valence-electron chi connectivity index (χ4n) is 2.41. The lowest BCUT2D eigenvalue weighted by Gasteiger charge is -2.20. The second-order valence-corrected chi connectivity index (χ2v) is 6.25. The van der Waals surface area contributed by atoms with Gasteiger partial charge in [-0.05, 0) is 31.2 Å². The van der Waals surface area contributed by atoms with Gasteiger partial charge in [0.15, 0.2) is 5.96 Å². The number of nitrogens with zero attached hydrogens (tertiary/aromatic N) is 2. The number of benzene rings is 1. The van der Waals surface area contributed by atoms with Gasteiger partial charge in [0.25, 0.3) is 0 Å². The predicted octanol–water partition coefficient (Wildman–Crippen LogP) is 2.78. The highest BCUT2D eigenvalue weighted by atomic mass is 127. The molecule has 0 bridgehead atoms. The first kappa shape index (κ1) is 25.4. The van der Waals surface area contributed by atoms with Crippen molar-refractivity contribution in [3.05, 3.63) is 34.9 Å². The van der Waals surface area contributed by atoms with Crippen LogP contribution in [0.5, 0.6) is 0 Å². The minimum atomic E-state index is -0.0889. The third-order valence-electron chi connectivity index (χ3n) is 3.86. The molecule has 0 saturated carbocycles. The molecule has 8 heteroatoms. The number of rotatable bonds is 11. The van der Waals surface area contributed by atoms with E-state index in [9.17, 15) is 0 Å². The predicted molar refractivity (Wildman–Crippen MR) is 120 cm³/mol. The highest BCUT2D eigenvalue weighted by Gasteiger charge is 2.11. The number of ether oxygens (including phenoxy) is 2. The molecule has 0 radical (unpaired) electrons. The second-order valence-electron chi connectivity index (χ2n) is 5.81. The van der Waals surface area contributed by atoms with Crippen molar-refractivity contribution in [1.82, 2.24) is 15.5 Å². The molecule has 0 spiro atoms. The average Bonchev–Trinajstić information content (AvgIpc) is 2.61. The minimum absolute atomic E-state index is 0. The van der Waals surface area contributed by atoms with E-state index in [4.69, 9.17) is 21.1 Å². The molecule has 26 heavy (non-hydrogen) atoms. The van der Waals surface area contributed by atoms with E-state index in [0.29, 0.717) is 11.6 Å². The Morgan fingerprint density at radius 3 is 2.65 bits per heavy atom. The third kappa shape index (κ3) is 10.5. The van der Waals surface area contributed by atoms with Crippen LogP contribution in [0.3, 0.4) is 0 Å². The highest BCUT2D eigenvalue weighted by molar-refractivity contribution is 14.0. The third-order valence-corrected chi connectivity index (χ3v) is 4.09. The monoisotopic (exact) mass is 498 g/mol. The van der Waals surface area contributed by atoms with Gasteiger partial charge in [0.2, 0.25) is 0 Å². The summed E-state index contributed by atoms with van der Waals surface area (Å²) in [5.74, 6) is 0.759. The number of likely N-dealkylation sites (N-methyl/N-ethyl adjacent to an activating group) is 1. The molecule has 0 aliphatic rings. The first-order chi connectivity index (χ1) is 12.1. The molecule has 0 amide bonds. The molecule has 1 unspecified atom stereocenters. The van der Waals surface area contributed by atoms with E-state index >= 15 is 0 Å². The molecule has 1 rings (SSSR count). The van der Waals surface area contributed by atoms with Crippen LogP contribution in [0.1, 0.15) is 18.1 Å². The van der Waals surface area contributed by atoms with Crippen molar-refractivity contribution < 1.29 is 9.47 Å². The molecule has 0 heterocycles. The highest BCUT2D eigenvalue weighted by Crippen LogP contribution is 2.19. The molecule has 0 fully saturated rings. The van der Waals surface area contributed by atoms with Gasteiger partial charge in [0.05, 0.1) is 6.10 Å². The van der Waals surface area contributed by atoms with Gasteiger partial charge in [-0.2, -0.15) is 0 Å². The van der Waals surface area contributed by atoms with E-state index in [1.54, 1.807) is 21.3 Å². The Balaban J connectivity index is 0.00000625. The number of halogens is 2. The molecule has 1 atom stereocenters. The lowest BCUT2D eigenvalue weighted by Crippen LogP contribution is -2.42. The zero-order valence-corrected chi connectivity index (χ0v) is 19.2. The molecule has 150 valence electrons. The van der Waals surface area contributed by atoms with Gasteiger partial charge in [-0.15, -0.1) is 24.0 Å². The van der Waals surface area contributed by atoms with Crippen LogP contribution in [0.2, 0.25) is 5.02 Å². The maximum Gasteiger partial charge on any atom is 0.191 e. The number of hydrogen-bond donors (Lipinski definition) is 2. The normalized spacial score (nSPS) is 12.6. The largest absolute Gasteiger partial charge is 0.385 e. The molecule has 0 aliphatic heterocycles. The van der Waals surface area contributed by atoms with E-state index in [-0.39, 0.29) is 30.1 Å². The van der Waals surface area contributed by atoms with Gasteiger partial charge < -0.3 is 25.0 Å². The number of guanidine groups is 1. The van der Waals surface area contributed by atoms with Crippen molar-refractivity contribution in [3.63, 3.8) is 0 Å². The summed E-state index contributed by atoms with van der Waals surface area (Å²) >= 11 is 6.05. The van der Waals surface area contributed by atoms with E-state index < -0.39 is 0 Å². The number of hydrogen-bond acceptors (Lipinski definition) is 4. The molecule has 0 aliphatic carbocycles. The van der Waals surface area contributed by atoms with Crippen molar-refractivity contribution in [2.45, 2.75) is 12.5 Å². The smallest absolute Gasteiger partial charge is 0.191 e. The van der Waals surface area contributed by atoms with Crippen LogP contribution < -0.4 is 10.6 Å². The van der Waals surface area contributed by atoms with Gasteiger partial charge in [-0.3, -0.25) is 4.99 Å². The molecule has 1 aromatic rings. The standard InChI is InChI=1S/C18H31ClN4O2.HI/c1-20-18(21-9-11-23(2)10-6-12-24-3)22-14-17(25-4)15-7-5-8-16(19)13-15;/h5,7-8,13,17H,6,9-12,14H2,1-4H3,(H2,20,21,22);1H. The summed E-state index contributed by atoms with van der Waals surface area (Å²) in [5.41, 5.74) is 1.04. The van der Waals surface area contributed by atoms with Gasteiger partial charge in [-0.25, -0.2) is 0 Å². The quantitative estimate of drug-likeness (QED) is 0.213. The summed E-state index contributed by atoms with van der Waals surface area (Å²) in [4.78, 5) is 6.52. The van der Waals surface area contributed by atoms with Crippen molar-refractivity contribution in [2.24, 2.45) is 4.99 Å². The zero-order valence-electron chi connectivity index (χ0n) is 16.1. The summed E-state index contributed by atoms with van der Waals surface area (Å²) in [6.45, 7) is 4.18. The molecule has 0 aromatic heterocycles. The second kappa shape index (κ2) is 15.4. The molecular weight excluding hydrogens is 467 g/mol. The van der Waals surface area contributed by atoms with Crippen LogP contribution in [0, 0.1) is 0 Å². The van der Waals surface area contributed by atoms with Crippen LogP contribution in [-0.4, -0.2) is 72.0 Å². The van der Waals surface area contributed by atoms with E-state index in [2.05, 4.69) is 27.6 Å². The van der Waals surface area contributed by atoms with Crippen LogP contribution in [0.25, 0.3) is 0 Å². The number of nitrogens with one attached hydrogen (secondary N) is 2. The molecule has 6 nitrogen and oxygen atoms in total. The van der Waals surface area contributed by atoms with Gasteiger partial charge in [0, 0.05) is 59.1 Å². The van der Waals surface area contributed by atoms with E-state index in [1.807, 2.05) is 24.3 Å². The Morgan fingerprint density at radius 1 is 1.27 bits per heavy atom. The Hall–Kier alpha value is -0.610. The maximum absolute atomic E-state index is 6.05. The summed E-state index contributed by atoms with van der Waals surface area (Å²) in [5, 5.41) is 7.32. The Bertz CT molecular complexity index is 520. The molecular formula is C18H32ClIN4O2. The van der Waals surface area contributed by atoms with E-state index in [0.717, 1.165) is 44.2 Å². The van der Waals surface area contributed by atoms with Crippen molar-refractivity contribution >= 4 is 41.5 Å². The van der Waals surface area contributed by atoms with Crippen molar-refractivity contribution in [3.8, 4) is 0 Å². The van der Waals surface area contributed by atoms with Gasteiger partial charge in [0.1, 0.15) is 0 Å². The Labute approximate surface area is 179 Å². The lowest BCUT2D eigenvalue weighted by molar-refractivity contribution is 0.106. The molecule has 2 N–H and O–H groups in total. The van der Waals surface area contributed by atoms with Crippen molar-refractivity contribution in [1.29, 1.82) is 0 Å². The van der Waals surface area contributed by atoms with Crippen LogP contribution in [-0.2, 0) is 9.47 Å². The van der Waals surface area contributed by atoms with E-state index in [1.165, 1.54) is 0 Å². The van der Waals surface area contributed by atoms with Crippen molar-refractivity contribution in [2.75, 3.05) is 61.1 Å².